The van der Waals surface area contributed by atoms with E-state index in [2.05, 4.69) is 27.7 Å². The van der Waals surface area contributed by atoms with Gasteiger partial charge in [0.2, 0.25) is 0 Å². The third-order valence-corrected chi connectivity index (χ3v) is 6.67. The SMILES string of the molecule is O=C(Nc1ccc2c(c1)CCN(C1CCC1)CC2)c1cccc(N2CCNC2=O)c1. The van der Waals surface area contributed by atoms with Crippen molar-refractivity contribution < 1.29 is 9.59 Å². The van der Waals surface area contributed by atoms with Gasteiger partial charge in [0.05, 0.1) is 0 Å². The van der Waals surface area contributed by atoms with Crippen LogP contribution in [0, 0.1) is 0 Å². The summed E-state index contributed by atoms with van der Waals surface area (Å²) in [5.41, 5.74) is 4.88. The number of rotatable bonds is 4. The summed E-state index contributed by atoms with van der Waals surface area (Å²) >= 11 is 0. The summed E-state index contributed by atoms with van der Waals surface area (Å²) in [6, 6.07) is 14.2. The molecule has 0 bridgehead atoms. The highest BCUT2D eigenvalue weighted by molar-refractivity contribution is 6.05. The van der Waals surface area contributed by atoms with Gasteiger partial charge in [-0.3, -0.25) is 14.6 Å². The van der Waals surface area contributed by atoms with E-state index in [1.165, 1.54) is 30.4 Å². The number of benzene rings is 2. The van der Waals surface area contributed by atoms with Crippen LogP contribution in [0.25, 0.3) is 0 Å². The Labute approximate surface area is 177 Å². The second kappa shape index (κ2) is 8.11. The average Bonchev–Trinajstić information content (AvgIpc) is 3.04. The first-order valence-electron chi connectivity index (χ1n) is 11.0. The van der Waals surface area contributed by atoms with Gasteiger partial charge in [-0.2, -0.15) is 0 Å². The van der Waals surface area contributed by atoms with Crippen LogP contribution in [-0.2, 0) is 12.8 Å². The van der Waals surface area contributed by atoms with Crippen molar-refractivity contribution in [1.29, 1.82) is 0 Å². The highest BCUT2D eigenvalue weighted by atomic mass is 16.2. The first-order valence-corrected chi connectivity index (χ1v) is 11.0. The van der Waals surface area contributed by atoms with Crippen LogP contribution >= 0.6 is 0 Å². The van der Waals surface area contributed by atoms with Crippen molar-refractivity contribution in [2.45, 2.75) is 38.1 Å². The van der Waals surface area contributed by atoms with Gasteiger partial charge in [0.15, 0.2) is 0 Å². The van der Waals surface area contributed by atoms with Crippen molar-refractivity contribution in [2.75, 3.05) is 36.4 Å². The number of nitrogens with one attached hydrogen (secondary N) is 2. The van der Waals surface area contributed by atoms with Crippen LogP contribution in [0.1, 0.15) is 40.7 Å². The Kier molecular flexibility index (Phi) is 5.17. The summed E-state index contributed by atoms with van der Waals surface area (Å²) in [5.74, 6) is -0.152. The Balaban J connectivity index is 1.28. The standard InChI is InChI=1S/C24H28N4O2/c29-23(19-3-1-6-22(16-19)28-14-11-25-24(28)30)26-20-8-7-17-9-12-27(21-4-2-5-21)13-10-18(17)15-20/h1,3,6-8,15-16,21H,2,4-5,9-14H2,(H,25,30)(H,26,29). The molecule has 2 aromatic carbocycles. The normalized spacial score (nSPS) is 19.6. The number of carbonyl (C=O) groups is 2. The Hall–Kier alpha value is -2.86. The number of nitrogens with zero attached hydrogens (tertiary/aromatic N) is 2. The molecule has 0 atom stereocenters. The van der Waals surface area contributed by atoms with Crippen molar-refractivity contribution in [2.24, 2.45) is 0 Å². The van der Waals surface area contributed by atoms with E-state index >= 15 is 0 Å². The molecule has 156 valence electrons. The Bertz CT molecular complexity index is 969. The molecule has 1 saturated heterocycles. The molecule has 6 nitrogen and oxygen atoms in total. The summed E-state index contributed by atoms with van der Waals surface area (Å²) in [5, 5.41) is 5.83. The molecule has 0 unspecified atom stereocenters. The molecule has 3 aliphatic rings. The van der Waals surface area contributed by atoms with Crippen molar-refractivity contribution in [3.63, 3.8) is 0 Å². The molecule has 1 saturated carbocycles. The van der Waals surface area contributed by atoms with Crippen molar-refractivity contribution >= 4 is 23.3 Å². The fourth-order valence-electron chi connectivity index (χ4n) is 4.67. The van der Waals surface area contributed by atoms with E-state index in [0.29, 0.717) is 18.7 Å². The first kappa shape index (κ1) is 19.1. The van der Waals surface area contributed by atoms with Gasteiger partial charge in [0.25, 0.3) is 5.91 Å². The van der Waals surface area contributed by atoms with Gasteiger partial charge in [-0.15, -0.1) is 0 Å². The lowest BCUT2D eigenvalue weighted by molar-refractivity contribution is 0.102. The minimum Gasteiger partial charge on any atom is -0.336 e. The molecule has 2 aliphatic heterocycles. The summed E-state index contributed by atoms with van der Waals surface area (Å²) in [6.07, 6.45) is 6.18. The fourth-order valence-corrected chi connectivity index (χ4v) is 4.67. The number of amides is 3. The number of fused-ring (bicyclic) bond motifs is 1. The van der Waals surface area contributed by atoms with Gasteiger partial charge < -0.3 is 10.6 Å². The molecule has 2 heterocycles. The average molecular weight is 405 g/mol. The molecular formula is C24H28N4O2. The van der Waals surface area contributed by atoms with Crippen LogP contribution < -0.4 is 15.5 Å². The van der Waals surface area contributed by atoms with Gasteiger partial charge in [0.1, 0.15) is 0 Å². The second-order valence-electron chi connectivity index (χ2n) is 8.49. The Morgan fingerprint density at radius 2 is 1.83 bits per heavy atom. The minimum absolute atomic E-state index is 0.116. The molecular weight excluding hydrogens is 376 g/mol. The highest BCUT2D eigenvalue weighted by Gasteiger charge is 2.26. The van der Waals surface area contributed by atoms with E-state index in [9.17, 15) is 9.59 Å². The number of carbonyl (C=O) groups excluding carboxylic acids is 2. The fraction of sp³-hybridized carbons (Fsp3) is 0.417. The van der Waals surface area contributed by atoms with Gasteiger partial charge in [0, 0.05) is 49.2 Å². The second-order valence-corrected chi connectivity index (χ2v) is 8.49. The van der Waals surface area contributed by atoms with Crippen LogP contribution in [0.15, 0.2) is 42.5 Å². The first-order chi connectivity index (χ1) is 14.7. The van der Waals surface area contributed by atoms with E-state index in [-0.39, 0.29) is 11.9 Å². The molecule has 30 heavy (non-hydrogen) atoms. The summed E-state index contributed by atoms with van der Waals surface area (Å²) < 4.78 is 0. The monoisotopic (exact) mass is 404 g/mol. The lowest BCUT2D eigenvalue weighted by atomic mass is 9.91. The predicted octanol–water partition coefficient (Wildman–Crippen LogP) is 3.42. The van der Waals surface area contributed by atoms with Crippen LogP contribution in [0.3, 0.4) is 0 Å². The van der Waals surface area contributed by atoms with E-state index in [1.54, 1.807) is 17.0 Å². The summed E-state index contributed by atoms with van der Waals surface area (Å²) in [7, 11) is 0. The van der Waals surface area contributed by atoms with Crippen LogP contribution in [0.2, 0.25) is 0 Å². The molecule has 0 aromatic heterocycles. The third kappa shape index (κ3) is 3.79. The topological polar surface area (TPSA) is 64.7 Å². The van der Waals surface area contributed by atoms with E-state index in [0.717, 1.165) is 43.3 Å². The lowest BCUT2D eigenvalue weighted by Gasteiger charge is -2.36. The molecule has 2 aromatic rings. The number of hydrogen-bond acceptors (Lipinski definition) is 3. The van der Waals surface area contributed by atoms with Crippen LogP contribution in [-0.4, -0.2) is 49.1 Å². The van der Waals surface area contributed by atoms with E-state index < -0.39 is 0 Å². The Morgan fingerprint density at radius 3 is 2.57 bits per heavy atom. The van der Waals surface area contributed by atoms with Crippen molar-refractivity contribution in [3.8, 4) is 0 Å². The molecule has 3 amide bonds. The zero-order valence-corrected chi connectivity index (χ0v) is 17.2. The zero-order valence-electron chi connectivity index (χ0n) is 17.2. The maximum absolute atomic E-state index is 12.8. The van der Waals surface area contributed by atoms with Crippen LogP contribution in [0.4, 0.5) is 16.2 Å². The molecule has 1 aliphatic carbocycles. The van der Waals surface area contributed by atoms with Gasteiger partial charge >= 0.3 is 6.03 Å². The third-order valence-electron chi connectivity index (χ3n) is 6.67. The Morgan fingerprint density at radius 1 is 1.00 bits per heavy atom. The predicted molar refractivity (Wildman–Crippen MR) is 118 cm³/mol. The van der Waals surface area contributed by atoms with Gasteiger partial charge in [-0.1, -0.05) is 18.6 Å². The maximum Gasteiger partial charge on any atom is 0.321 e. The largest absolute Gasteiger partial charge is 0.336 e. The molecule has 2 N–H and O–H groups in total. The smallest absolute Gasteiger partial charge is 0.321 e. The summed E-state index contributed by atoms with van der Waals surface area (Å²) in [6.45, 7) is 3.49. The van der Waals surface area contributed by atoms with Gasteiger partial charge in [-0.05, 0) is 67.1 Å². The van der Waals surface area contributed by atoms with Gasteiger partial charge in [-0.25, -0.2) is 4.79 Å². The van der Waals surface area contributed by atoms with Crippen molar-refractivity contribution in [3.05, 3.63) is 59.2 Å². The highest BCUT2D eigenvalue weighted by Crippen LogP contribution is 2.28. The number of urea groups is 1. The van der Waals surface area contributed by atoms with Crippen molar-refractivity contribution in [1.82, 2.24) is 10.2 Å². The maximum atomic E-state index is 12.8. The molecule has 6 heteroatoms. The van der Waals surface area contributed by atoms with Crippen LogP contribution in [0.5, 0.6) is 0 Å². The minimum atomic E-state index is -0.152. The van der Waals surface area contributed by atoms with E-state index in [4.69, 9.17) is 0 Å². The summed E-state index contributed by atoms with van der Waals surface area (Å²) in [4.78, 5) is 29.1. The molecule has 2 fully saturated rings. The zero-order chi connectivity index (χ0) is 20.5. The number of hydrogen-bond donors (Lipinski definition) is 2. The van der Waals surface area contributed by atoms with E-state index in [1.807, 2.05) is 18.2 Å². The number of anilines is 2. The molecule has 0 spiro atoms. The lowest BCUT2D eigenvalue weighted by Crippen LogP contribution is -2.41. The molecule has 0 radical (unpaired) electrons. The quantitative estimate of drug-likeness (QED) is 0.821. The molecule has 5 rings (SSSR count).